The predicted molar refractivity (Wildman–Crippen MR) is 185 cm³/mol. The molecular weight excluding hydrogens is 616 g/mol. The highest BCUT2D eigenvalue weighted by molar-refractivity contribution is 5.93. The van der Waals surface area contributed by atoms with Gasteiger partial charge >= 0.3 is 0 Å². The van der Waals surface area contributed by atoms with Crippen LogP contribution in [0.5, 0.6) is 11.5 Å². The number of hydrogen-bond donors (Lipinski definition) is 10. The van der Waals surface area contributed by atoms with Crippen LogP contribution in [0.3, 0.4) is 0 Å². The second-order valence-corrected chi connectivity index (χ2v) is 12.0. The molecule has 14 heteroatoms. The van der Waals surface area contributed by atoms with Gasteiger partial charge in [-0.3, -0.25) is 19.2 Å². The van der Waals surface area contributed by atoms with Crippen molar-refractivity contribution in [2.24, 2.45) is 0 Å². The summed E-state index contributed by atoms with van der Waals surface area (Å²) in [5, 5.41) is 44.9. The van der Waals surface area contributed by atoms with Crippen LogP contribution in [0.15, 0.2) is 36.4 Å². The summed E-state index contributed by atoms with van der Waals surface area (Å²) in [6.07, 6.45) is 2.00. The van der Waals surface area contributed by atoms with Crippen LogP contribution in [0.2, 0.25) is 0 Å². The molecule has 0 saturated carbocycles. The minimum atomic E-state index is -1.08. The number of benzene rings is 2. The van der Waals surface area contributed by atoms with E-state index in [4.69, 9.17) is 0 Å². The summed E-state index contributed by atoms with van der Waals surface area (Å²) >= 11 is 0. The maximum atomic E-state index is 13.8. The van der Waals surface area contributed by atoms with E-state index in [9.17, 15) is 29.4 Å². The van der Waals surface area contributed by atoms with Gasteiger partial charge < -0.3 is 52.7 Å². The Morgan fingerprint density at radius 1 is 0.792 bits per heavy atom. The summed E-state index contributed by atoms with van der Waals surface area (Å²) in [5.74, 6) is -1.55. The third-order valence-corrected chi connectivity index (χ3v) is 8.50. The largest absolute Gasteiger partial charge is 0.508 e. The van der Waals surface area contributed by atoms with Crippen LogP contribution in [-0.2, 0) is 32.0 Å². The van der Waals surface area contributed by atoms with Gasteiger partial charge in [0.05, 0.1) is 12.1 Å². The first kappa shape index (κ1) is 38.2. The number of amides is 4. The number of aromatic hydroxyl groups is 2. The van der Waals surface area contributed by atoms with Crippen molar-refractivity contribution in [1.29, 1.82) is 0 Å². The highest BCUT2D eigenvalue weighted by atomic mass is 16.3. The van der Waals surface area contributed by atoms with E-state index in [0.29, 0.717) is 56.4 Å². The lowest BCUT2D eigenvalue weighted by Gasteiger charge is -2.25. The van der Waals surface area contributed by atoms with Crippen molar-refractivity contribution >= 4 is 23.6 Å². The van der Waals surface area contributed by atoms with E-state index in [2.05, 4.69) is 42.5 Å². The molecule has 0 aromatic heterocycles. The van der Waals surface area contributed by atoms with Gasteiger partial charge in [0.15, 0.2) is 0 Å². The minimum absolute atomic E-state index is 0.0223. The molecule has 48 heavy (non-hydrogen) atoms. The van der Waals surface area contributed by atoms with Crippen molar-refractivity contribution in [3.63, 3.8) is 0 Å². The molecule has 0 saturated heterocycles. The van der Waals surface area contributed by atoms with Gasteiger partial charge in [0, 0.05) is 32.5 Å². The molecule has 4 amide bonds. The molecule has 0 aliphatic carbocycles. The van der Waals surface area contributed by atoms with E-state index in [1.807, 2.05) is 0 Å². The van der Waals surface area contributed by atoms with Crippen molar-refractivity contribution in [2.45, 2.75) is 62.7 Å². The van der Waals surface area contributed by atoms with E-state index in [0.717, 1.165) is 11.1 Å². The molecule has 3 rings (SSSR count). The smallest absolute Gasteiger partial charge is 0.243 e. The van der Waals surface area contributed by atoms with Gasteiger partial charge in [0.25, 0.3) is 0 Å². The monoisotopic (exact) mass is 668 g/mol. The quantitative estimate of drug-likeness (QED) is 0.107. The minimum Gasteiger partial charge on any atom is -0.508 e. The maximum absolute atomic E-state index is 13.8. The molecule has 264 valence electrons. The standard InChI is InChI=1S/C34H52N8O6/c1-35-13-5-8-26-33(47)42-28(32(46)39-14-6-7-25(37-3)31(45)40-16-15-36-2)20-24-18-22(10-12-30(24)44)21-9-11-29(43)23(17-21)19-27(38-4)34(48)41-26/h9-12,17-18,25-28,35-38,43-44H,5-8,13-16,19-20H2,1-4H3,(H,39,46)(H,40,45)(H,41,48)(H,42,47)/t25-,26-,27-,28-/m0/s1. The summed E-state index contributed by atoms with van der Waals surface area (Å²) in [7, 11) is 6.94. The zero-order chi connectivity index (χ0) is 35.1. The second kappa shape index (κ2) is 19.5. The summed E-state index contributed by atoms with van der Waals surface area (Å²) in [4.78, 5) is 53.3. The van der Waals surface area contributed by atoms with Gasteiger partial charge in [0.1, 0.15) is 23.6 Å². The van der Waals surface area contributed by atoms with E-state index in [1.54, 1.807) is 58.5 Å². The molecule has 4 bridgehead atoms. The number of rotatable bonds is 15. The molecular formula is C34H52N8O6. The van der Waals surface area contributed by atoms with Gasteiger partial charge in [-0.1, -0.05) is 12.1 Å². The summed E-state index contributed by atoms with van der Waals surface area (Å²) in [6, 6.07) is 6.91. The average Bonchev–Trinajstić information content (AvgIpc) is 3.07. The van der Waals surface area contributed by atoms with Crippen LogP contribution in [0.1, 0.15) is 36.8 Å². The van der Waals surface area contributed by atoms with Crippen LogP contribution < -0.4 is 42.5 Å². The lowest BCUT2D eigenvalue weighted by atomic mass is 9.95. The van der Waals surface area contributed by atoms with Crippen LogP contribution in [0, 0.1) is 0 Å². The summed E-state index contributed by atoms with van der Waals surface area (Å²) in [6.45, 7) is 2.01. The Morgan fingerprint density at radius 3 is 2.04 bits per heavy atom. The Labute approximate surface area is 282 Å². The molecule has 1 aliphatic rings. The molecule has 10 N–H and O–H groups in total. The number of likely N-dealkylation sites (N-methyl/N-ethyl adjacent to an activating group) is 3. The van der Waals surface area contributed by atoms with E-state index < -0.39 is 41.9 Å². The molecule has 1 heterocycles. The van der Waals surface area contributed by atoms with Crippen molar-refractivity contribution in [1.82, 2.24) is 42.5 Å². The Balaban J connectivity index is 1.89. The number of hydrogen-bond acceptors (Lipinski definition) is 10. The topological polar surface area (TPSA) is 205 Å². The van der Waals surface area contributed by atoms with E-state index >= 15 is 0 Å². The predicted octanol–water partition coefficient (Wildman–Crippen LogP) is -0.759. The molecule has 4 atom stereocenters. The first-order valence-corrected chi connectivity index (χ1v) is 16.6. The van der Waals surface area contributed by atoms with Gasteiger partial charge in [-0.15, -0.1) is 0 Å². The fourth-order valence-electron chi connectivity index (χ4n) is 5.61. The third-order valence-electron chi connectivity index (χ3n) is 8.50. The highest BCUT2D eigenvalue weighted by Gasteiger charge is 2.30. The van der Waals surface area contributed by atoms with E-state index in [1.165, 1.54) is 6.07 Å². The highest BCUT2D eigenvalue weighted by Crippen LogP contribution is 2.31. The number of carbonyl (C=O) groups excluding carboxylic acids is 4. The number of nitrogens with one attached hydrogen (secondary N) is 8. The average molecular weight is 669 g/mol. The van der Waals surface area contributed by atoms with Crippen molar-refractivity contribution < 1.29 is 29.4 Å². The van der Waals surface area contributed by atoms with Crippen molar-refractivity contribution in [2.75, 3.05) is 54.4 Å². The zero-order valence-corrected chi connectivity index (χ0v) is 28.4. The lowest BCUT2D eigenvalue weighted by Crippen LogP contribution is -2.57. The first-order chi connectivity index (χ1) is 23.1. The van der Waals surface area contributed by atoms with Gasteiger partial charge in [-0.25, -0.2) is 0 Å². The lowest BCUT2D eigenvalue weighted by molar-refractivity contribution is -0.132. The summed E-state index contributed by atoms with van der Waals surface area (Å²) in [5.41, 5.74) is 2.45. The van der Waals surface area contributed by atoms with E-state index in [-0.39, 0.29) is 36.8 Å². The van der Waals surface area contributed by atoms with Crippen LogP contribution in [0.25, 0.3) is 11.1 Å². The fraction of sp³-hybridized carbons (Fsp3) is 0.529. The fourth-order valence-corrected chi connectivity index (χ4v) is 5.61. The molecule has 0 unspecified atom stereocenters. The summed E-state index contributed by atoms with van der Waals surface area (Å²) < 4.78 is 0. The maximum Gasteiger partial charge on any atom is 0.243 e. The zero-order valence-electron chi connectivity index (χ0n) is 28.4. The Hall–Kier alpha value is -4.24. The molecule has 0 radical (unpaired) electrons. The van der Waals surface area contributed by atoms with Gasteiger partial charge in [0.2, 0.25) is 23.6 Å². The number of carbonyl (C=O) groups is 4. The Morgan fingerprint density at radius 2 is 1.44 bits per heavy atom. The van der Waals surface area contributed by atoms with Gasteiger partial charge in [-0.2, -0.15) is 0 Å². The molecule has 0 fully saturated rings. The molecule has 14 nitrogen and oxygen atoms in total. The number of fused-ring (bicyclic) bond motifs is 5. The normalized spacial score (nSPS) is 18.9. The van der Waals surface area contributed by atoms with Crippen molar-refractivity contribution in [3.05, 3.63) is 47.5 Å². The van der Waals surface area contributed by atoms with Crippen LogP contribution in [-0.4, -0.2) is 112 Å². The second-order valence-electron chi connectivity index (χ2n) is 12.0. The Bertz CT molecular complexity index is 1390. The SMILES string of the molecule is CNCCC[C@@H]1NC(=O)[C@@H](NC)Cc2cc(ccc2O)-c2ccc(O)c(c2)C[C@@H](C(=O)NCCC[C@H](NC)C(=O)NCCNC)NC1=O. The number of phenols is 2. The van der Waals surface area contributed by atoms with Gasteiger partial charge in [-0.05, 0) is 107 Å². The molecule has 0 spiro atoms. The number of phenolic OH excluding ortho intramolecular Hbond substituents is 2. The Kier molecular flexibility index (Phi) is 15.6. The van der Waals surface area contributed by atoms with Crippen LogP contribution in [0.4, 0.5) is 0 Å². The molecule has 1 aliphatic heterocycles. The van der Waals surface area contributed by atoms with Crippen LogP contribution >= 0.6 is 0 Å². The first-order valence-electron chi connectivity index (χ1n) is 16.6. The molecule has 2 aromatic rings. The third kappa shape index (κ3) is 11.2. The van der Waals surface area contributed by atoms with Crippen molar-refractivity contribution in [3.8, 4) is 22.6 Å². The molecule has 2 aromatic carbocycles.